The van der Waals surface area contributed by atoms with E-state index in [1.807, 2.05) is 16.5 Å². The first kappa shape index (κ1) is 19.0. The minimum Gasteiger partial charge on any atom is -0.340 e. The molecule has 1 amide bonds. The third-order valence-corrected chi connectivity index (χ3v) is 4.12. The predicted molar refractivity (Wildman–Crippen MR) is 91.5 cm³/mol. The van der Waals surface area contributed by atoms with Crippen LogP contribution in [0.2, 0.25) is 0 Å². The molecule has 2 rings (SSSR count). The molecule has 1 unspecified atom stereocenters. The van der Waals surface area contributed by atoms with Crippen LogP contribution >= 0.6 is 12.4 Å². The number of piperazine rings is 1. The van der Waals surface area contributed by atoms with Gasteiger partial charge < -0.3 is 10.2 Å². The van der Waals surface area contributed by atoms with Gasteiger partial charge in [0.1, 0.15) is 0 Å². The van der Waals surface area contributed by atoms with E-state index in [2.05, 4.69) is 38.1 Å². The Morgan fingerprint density at radius 1 is 1.41 bits per heavy atom. The van der Waals surface area contributed by atoms with E-state index >= 15 is 0 Å². The van der Waals surface area contributed by atoms with Crippen molar-refractivity contribution >= 4 is 18.3 Å². The first-order valence-corrected chi connectivity index (χ1v) is 7.92. The molecule has 1 atom stereocenters. The van der Waals surface area contributed by atoms with Crippen LogP contribution in [0.15, 0.2) is 0 Å². The normalized spacial score (nSPS) is 18.5. The molecule has 22 heavy (non-hydrogen) atoms. The van der Waals surface area contributed by atoms with Gasteiger partial charge in [0.05, 0.1) is 12.1 Å². The molecule has 0 aromatic carbocycles. The monoisotopic (exact) mass is 328 g/mol. The molecule has 5 nitrogen and oxygen atoms in total. The van der Waals surface area contributed by atoms with E-state index in [0.29, 0.717) is 18.4 Å². The number of nitrogens with zero attached hydrogens (tertiary/aromatic N) is 3. The maximum Gasteiger partial charge on any atom is 0.227 e. The van der Waals surface area contributed by atoms with Crippen LogP contribution in [0, 0.1) is 19.8 Å². The number of halogens is 1. The van der Waals surface area contributed by atoms with E-state index in [1.54, 1.807) is 0 Å². The number of carbonyl (C=O) groups excluding carboxylic acids is 1. The zero-order chi connectivity index (χ0) is 15.6. The smallest absolute Gasteiger partial charge is 0.227 e. The third kappa shape index (κ3) is 4.46. The van der Waals surface area contributed by atoms with Gasteiger partial charge in [0, 0.05) is 43.5 Å². The van der Waals surface area contributed by atoms with Crippen LogP contribution in [0.4, 0.5) is 0 Å². The van der Waals surface area contributed by atoms with Gasteiger partial charge >= 0.3 is 0 Å². The average Bonchev–Trinajstić information content (AvgIpc) is 2.65. The van der Waals surface area contributed by atoms with Gasteiger partial charge in [-0.1, -0.05) is 13.8 Å². The lowest BCUT2D eigenvalue weighted by Crippen LogP contribution is -2.51. The summed E-state index contributed by atoms with van der Waals surface area (Å²) in [4.78, 5) is 14.5. The Kier molecular flexibility index (Phi) is 6.88. The van der Waals surface area contributed by atoms with Crippen molar-refractivity contribution in [3.63, 3.8) is 0 Å². The summed E-state index contributed by atoms with van der Waals surface area (Å²) in [5.74, 6) is 0.777. The number of amides is 1. The molecule has 0 bridgehead atoms. The SMILES string of the molecule is Cc1nn(CC(C)C)c(C)c1CC(=O)N1CCNC(C)C1.Cl. The highest BCUT2D eigenvalue weighted by atomic mass is 35.5. The Morgan fingerprint density at radius 3 is 2.68 bits per heavy atom. The number of aryl methyl sites for hydroxylation is 1. The molecule has 6 heteroatoms. The van der Waals surface area contributed by atoms with Crippen LogP contribution in [0.3, 0.4) is 0 Å². The Morgan fingerprint density at radius 2 is 2.09 bits per heavy atom. The van der Waals surface area contributed by atoms with E-state index in [9.17, 15) is 4.79 Å². The number of rotatable bonds is 4. The Labute approximate surface area is 139 Å². The number of hydrogen-bond acceptors (Lipinski definition) is 3. The molecular weight excluding hydrogens is 300 g/mol. The van der Waals surface area contributed by atoms with Gasteiger partial charge in [-0.15, -0.1) is 12.4 Å². The van der Waals surface area contributed by atoms with Gasteiger partial charge in [-0.2, -0.15) is 5.10 Å². The van der Waals surface area contributed by atoms with Crippen LogP contribution in [0.25, 0.3) is 0 Å². The maximum atomic E-state index is 12.5. The summed E-state index contributed by atoms with van der Waals surface area (Å²) in [5, 5.41) is 7.97. The predicted octanol–water partition coefficient (Wildman–Crippen LogP) is 1.94. The molecule has 0 spiro atoms. The Hall–Kier alpha value is -1.07. The second kappa shape index (κ2) is 7.97. The molecule has 0 saturated carbocycles. The van der Waals surface area contributed by atoms with Crippen molar-refractivity contribution in [3.8, 4) is 0 Å². The second-order valence-electron chi connectivity index (χ2n) is 6.60. The number of hydrogen-bond donors (Lipinski definition) is 1. The van der Waals surface area contributed by atoms with Crippen LogP contribution in [0.5, 0.6) is 0 Å². The minimum atomic E-state index is 0. The molecule has 1 aliphatic heterocycles. The summed E-state index contributed by atoms with van der Waals surface area (Å²) in [6, 6.07) is 0.383. The van der Waals surface area contributed by atoms with Crippen molar-refractivity contribution in [3.05, 3.63) is 17.0 Å². The molecule has 0 aliphatic carbocycles. The topological polar surface area (TPSA) is 50.2 Å². The molecule has 1 fully saturated rings. The average molecular weight is 329 g/mol. The summed E-state index contributed by atoms with van der Waals surface area (Å²) in [7, 11) is 0. The lowest BCUT2D eigenvalue weighted by atomic mass is 10.1. The van der Waals surface area contributed by atoms with Crippen molar-refractivity contribution in [2.75, 3.05) is 19.6 Å². The van der Waals surface area contributed by atoms with Gasteiger partial charge in [-0.3, -0.25) is 9.48 Å². The number of carbonyl (C=O) groups is 1. The molecule has 0 radical (unpaired) electrons. The Bertz CT molecular complexity index is 512. The molecule has 1 aliphatic rings. The van der Waals surface area contributed by atoms with E-state index in [4.69, 9.17) is 0 Å². The molecule has 1 aromatic rings. The van der Waals surface area contributed by atoms with E-state index < -0.39 is 0 Å². The maximum absolute atomic E-state index is 12.5. The first-order chi connectivity index (χ1) is 9.88. The fraction of sp³-hybridized carbons (Fsp3) is 0.750. The lowest BCUT2D eigenvalue weighted by molar-refractivity contribution is -0.131. The van der Waals surface area contributed by atoms with Crippen LogP contribution in [-0.2, 0) is 17.8 Å². The van der Waals surface area contributed by atoms with Crippen LogP contribution < -0.4 is 5.32 Å². The number of nitrogens with one attached hydrogen (secondary N) is 1. The van der Waals surface area contributed by atoms with Gasteiger partial charge in [0.15, 0.2) is 0 Å². The number of aromatic nitrogens is 2. The molecule has 126 valence electrons. The molecule has 1 N–H and O–H groups in total. The van der Waals surface area contributed by atoms with Crippen molar-refractivity contribution in [2.24, 2.45) is 5.92 Å². The largest absolute Gasteiger partial charge is 0.340 e. The van der Waals surface area contributed by atoms with Crippen molar-refractivity contribution in [1.29, 1.82) is 0 Å². The standard InChI is InChI=1S/C16H28N4O.ClH/c1-11(2)9-20-14(5)15(13(4)18-20)8-16(21)19-7-6-17-12(3)10-19;/h11-12,17H,6-10H2,1-5H3;1H. The van der Waals surface area contributed by atoms with Crippen molar-refractivity contribution in [1.82, 2.24) is 20.0 Å². The zero-order valence-corrected chi connectivity index (χ0v) is 15.2. The Balaban J connectivity index is 0.00000242. The van der Waals surface area contributed by atoms with Crippen LogP contribution in [0.1, 0.15) is 37.7 Å². The summed E-state index contributed by atoms with van der Waals surface area (Å²) in [5.41, 5.74) is 3.23. The van der Waals surface area contributed by atoms with Crippen molar-refractivity contribution in [2.45, 2.75) is 53.6 Å². The fourth-order valence-corrected chi connectivity index (χ4v) is 2.94. The van der Waals surface area contributed by atoms with Crippen LogP contribution in [-0.4, -0.2) is 46.3 Å². The highest BCUT2D eigenvalue weighted by Crippen LogP contribution is 2.16. The van der Waals surface area contributed by atoms with E-state index in [0.717, 1.165) is 43.1 Å². The first-order valence-electron chi connectivity index (χ1n) is 7.92. The summed E-state index contributed by atoms with van der Waals surface area (Å²) in [6.45, 7) is 14.0. The molecule has 2 heterocycles. The quantitative estimate of drug-likeness (QED) is 0.919. The van der Waals surface area contributed by atoms with Gasteiger partial charge in [-0.25, -0.2) is 0 Å². The zero-order valence-electron chi connectivity index (χ0n) is 14.3. The highest BCUT2D eigenvalue weighted by molar-refractivity contribution is 5.85. The van der Waals surface area contributed by atoms with Gasteiger partial charge in [0.2, 0.25) is 5.91 Å². The van der Waals surface area contributed by atoms with Gasteiger partial charge in [-0.05, 0) is 26.7 Å². The fourth-order valence-electron chi connectivity index (χ4n) is 2.94. The van der Waals surface area contributed by atoms with Crippen molar-refractivity contribution < 1.29 is 4.79 Å². The second-order valence-corrected chi connectivity index (χ2v) is 6.60. The molecule has 1 saturated heterocycles. The highest BCUT2D eigenvalue weighted by Gasteiger charge is 2.23. The summed E-state index contributed by atoms with van der Waals surface area (Å²) >= 11 is 0. The third-order valence-electron chi connectivity index (χ3n) is 4.12. The summed E-state index contributed by atoms with van der Waals surface area (Å²) in [6.07, 6.45) is 0.475. The summed E-state index contributed by atoms with van der Waals surface area (Å²) < 4.78 is 2.04. The van der Waals surface area contributed by atoms with E-state index in [-0.39, 0.29) is 18.3 Å². The molecule has 1 aromatic heterocycles. The minimum absolute atomic E-state index is 0. The lowest BCUT2D eigenvalue weighted by Gasteiger charge is -2.32. The van der Waals surface area contributed by atoms with E-state index in [1.165, 1.54) is 0 Å². The molecular formula is C16H29ClN4O. The van der Waals surface area contributed by atoms with Gasteiger partial charge in [0.25, 0.3) is 0 Å².